The fourth-order valence-corrected chi connectivity index (χ4v) is 2.23. The lowest BCUT2D eigenvalue weighted by Gasteiger charge is -2.01. The van der Waals surface area contributed by atoms with E-state index in [4.69, 9.17) is 9.52 Å². The average molecular weight is 318 g/mol. The van der Waals surface area contributed by atoms with Gasteiger partial charge in [-0.1, -0.05) is 28.1 Å². The minimum atomic E-state index is -1.10. The summed E-state index contributed by atoms with van der Waals surface area (Å²) in [6.45, 7) is 0. The number of hydrogen-bond acceptors (Lipinski definition) is 3. The molecule has 94 valence electrons. The van der Waals surface area contributed by atoms with E-state index in [1.165, 1.54) is 0 Å². The van der Waals surface area contributed by atoms with Gasteiger partial charge < -0.3 is 9.52 Å². The van der Waals surface area contributed by atoms with Gasteiger partial charge in [-0.05, 0) is 35.0 Å². The van der Waals surface area contributed by atoms with Crippen molar-refractivity contribution in [2.75, 3.05) is 0 Å². The van der Waals surface area contributed by atoms with Crippen molar-refractivity contribution < 1.29 is 14.3 Å². The Kier molecular flexibility index (Phi) is 2.83. The molecule has 3 rings (SSSR count). The Hall–Kier alpha value is -2.14. The highest BCUT2D eigenvalue weighted by atomic mass is 79.9. The average Bonchev–Trinajstić information content (AvgIpc) is 2.88. The number of fused-ring (bicyclic) bond motifs is 1. The van der Waals surface area contributed by atoms with Crippen molar-refractivity contribution in [3.05, 3.63) is 52.8 Å². The number of carboxylic acid groups (broad SMARTS) is 1. The number of hydrogen-bond donors (Lipinski definition) is 1. The first-order valence-corrected chi connectivity index (χ1v) is 6.31. The number of rotatable bonds is 2. The normalized spacial score (nSPS) is 10.8. The molecule has 0 radical (unpaired) electrons. The van der Waals surface area contributed by atoms with E-state index in [-0.39, 0.29) is 5.69 Å². The molecule has 0 atom stereocenters. The molecule has 0 aliphatic carbocycles. The van der Waals surface area contributed by atoms with Crippen LogP contribution in [0.3, 0.4) is 0 Å². The number of nitrogens with zero attached hydrogens (tertiary/aromatic N) is 1. The minimum Gasteiger partial charge on any atom is -0.476 e. The summed E-state index contributed by atoms with van der Waals surface area (Å²) in [5, 5.41) is 10.9. The van der Waals surface area contributed by atoms with E-state index in [2.05, 4.69) is 20.9 Å². The van der Waals surface area contributed by atoms with Crippen LogP contribution in [-0.4, -0.2) is 16.1 Å². The van der Waals surface area contributed by atoms with E-state index in [0.29, 0.717) is 5.89 Å². The van der Waals surface area contributed by atoms with Crippen LogP contribution in [0.25, 0.3) is 22.2 Å². The SMILES string of the molecule is O=C(O)c1coc(-c2ccc3cc(Br)ccc3c2)n1. The predicted molar refractivity (Wildman–Crippen MR) is 74.1 cm³/mol. The molecule has 0 bridgehead atoms. The third-order valence-electron chi connectivity index (χ3n) is 2.77. The van der Waals surface area contributed by atoms with E-state index in [1.54, 1.807) is 0 Å². The molecule has 1 aromatic heterocycles. The Labute approximate surface area is 116 Å². The molecule has 0 saturated carbocycles. The molecule has 0 amide bonds. The highest BCUT2D eigenvalue weighted by Crippen LogP contribution is 2.26. The smallest absolute Gasteiger partial charge is 0.357 e. The summed E-state index contributed by atoms with van der Waals surface area (Å²) in [7, 11) is 0. The second kappa shape index (κ2) is 4.51. The first-order valence-electron chi connectivity index (χ1n) is 5.52. The van der Waals surface area contributed by atoms with Crippen molar-refractivity contribution in [3.63, 3.8) is 0 Å². The van der Waals surface area contributed by atoms with E-state index >= 15 is 0 Å². The van der Waals surface area contributed by atoms with Gasteiger partial charge in [0.05, 0.1) is 0 Å². The maximum absolute atomic E-state index is 10.8. The van der Waals surface area contributed by atoms with Gasteiger partial charge in [0.1, 0.15) is 6.26 Å². The van der Waals surface area contributed by atoms with Crippen molar-refractivity contribution in [3.8, 4) is 11.5 Å². The lowest BCUT2D eigenvalue weighted by atomic mass is 10.1. The van der Waals surface area contributed by atoms with Crippen molar-refractivity contribution in [1.29, 1.82) is 0 Å². The molecule has 2 aromatic carbocycles. The van der Waals surface area contributed by atoms with E-state index in [1.807, 2.05) is 36.4 Å². The molecule has 4 nitrogen and oxygen atoms in total. The van der Waals surface area contributed by atoms with Gasteiger partial charge in [0.15, 0.2) is 5.69 Å². The lowest BCUT2D eigenvalue weighted by molar-refractivity contribution is 0.0690. The van der Waals surface area contributed by atoms with Gasteiger partial charge in [0, 0.05) is 10.0 Å². The predicted octanol–water partition coefficient (Wildman–Crippen LogP) is 3.96. The second-order valence-corrected chi connectivity index (χ2v) is 4.96. The highest BCUT2D eigenvalue weighted by molar-refractivity contribution is 9.10. The fourth-order valence-electron chi connectivity index (χ4n) is 1.85. The Balaban J connectivity index is 2.09. The monoisotopic (exact) mass is 317 g/mol. The van der Waals surface area contributed by atoms with Crippen LogP contribution in [0.4, 0.5) is 0 Å². The minimum absolute atomic E-state index is 0.0918. The van der Waals surface area contributed by atoms with E-state index < -0.39 is 5.97 Å². The first-order chi connectivity index (χ1) is 9.13. The first kappa shape index (κ1) is 11.9. The Bertz CT molecular complexity index is 779. The summed E-state index contributed by atoms with van der Waals surface area (Å²) in [5.74, 6) is -0.790. The quantitative estimate of drug-likeness (QED) is 0.777. The molecule has 3 aromatic rings. The maximum Gasteiger partial charge on any atom is 0.357 e. The van der Waals surface area contributed by atoms with Crippen LogP contribution in [0.15, 0.2) is 51.6 Å². The Morgan fingerprint density at radius 2 is 1.89 bits per heavy atom. The van der Waals surface area contributed by atoms with E-state index in [9.17, 15) is 4.79 Å². The zero-order valence-electron chi connectivity index (χ0n) is 9.63. The molecular formula is C14H8BrNO3. The molecule has 5 heteroatoms. The molecule has 0 spiro atoms. The molecular weight excluding hydrogens is 310 g/mol. The van der Waals surface area contributed by atoms with Crippen molar-refractivity contribution in [2.45, 2.75) is 0 Å². The van der Waals surface area contributed by atoms with Gasteiger partial charge in [0.25, 0.3) is 0 Å². The third kappa shape index (κ3) is 2.24. The third-order valence-corrected chi connectivity index (χ3v) is 3.27. The van der Waals surface area contributed by atoms with Crippen LogP contribution in [0.1, 0.15) is 10.5 Å². The number of aromatic carboxylic acids is 1. The van der Waals surface area contributed by atoms with Gasteiger partial charge in [-0.15, -0.1) is 0 Å². The number of carboxylic acids is 1. The summed E-state index contributed by atoms with van der Waals surface area (Å²) in [6.07, 6.45) is 1.14. The van der Waals surface area contributed by atoms with Gasteiger partial charge >= 0.3 is 5.97 Å². The topological polar surface area (TPSA) is 63.3 Å². The van der Waals surface area contributed by atoms with Gasteiger partial charge in [-0.25, -0.2) is 9.78 Å². The largest absolute Gasteiger partial charge is 0.476 e. The number of carbonyl (C=O) groups is 1. The van der Waals surface area contributed by atoms with Crippen molar-refractivity contribution in [2.24, 2.45) is 0 Å². The van der Waals surface area contributed by atoms with Crippen molar-refractivity contribution >= 4 is 32.7 Å². The van der Waals surface area contributed by atoms with Gasteiger partial charge in [0.2, 0.25) is 5.89 Å². The number of benzene rings is 2. The molecule has 0 aliphatic rings. The zero-order valence-corrected chi connectivity index (χ0v) is 11.2. The standard InChI is InChI=1S/C14H8BrNO3/c15-11-4-3-8-5-10(2-1-9(8)6-11)13-16-12(7-19-13)14(17)18/h1-7H,(H,17,18). The van der Waals surface area contributed by atoms with Gasteiger partial charge in [-0.2, -0.15) is 0 Å². The van der Waals surface area contributed by atoms with Crippen LogP contribution < -0.4 is 0 Å². The highest BCUT2D eigenvalue weighted by Gasteiger charge is 2.12. The fraction of sp³-hybridized carbons (Fsp3) is 0. The number of oxazole rings is 1. The summed E-state index contributed by atoms with van der Waals surface area (Å²) in [4.78, 5) is 14.7. The maximum atomic E-state index is 10.8. The number of aromatic nitrogens is 1. The molecule has 0 fully saturated rings. The summed E-state index contributed by atoms with van der Waals surface area (Å²) in [6, 6.07) is 11.7. The number of halogens is 1. The Morgan fingerprint density at radius 1 is 1.16 bits per heavy atom. The van der Waals surface area contributed by atoms with Gasteiger partial charge in [-0.3, -0.25) is 0 Å². The van der Waals surface area contributed by atoms with Crippen LogP contribution in [-0.2, 0) is 0 Å². The van der Waals surface area contributed by atoms with Crippen LogP contribution in [0.2, 0.25) is 0 Å². The molecule has 0 aliphatic heterocycles. The zero-order chi connectivity index (χ0) is 13.4. The second-order valence-electron chi connectivity index (χ2n) is 4.05. The molecule has 1 heterocycles. The van der Waals surface area contributed by atoms with Crippen molar-refractivity contribution in [1.82, 2.24) is 4.98 Å². The molecule has 0 saturated heterocycles. The summed E-state index contributed by atoms with van der Waals surface area (Å²) >= 11 is 3.42. The lowest BCUT2D eigenvalue weighted by Crippen LogP contribution is -1.95. The molecule has 19 heavy (non-hydrogen) atoms. The van der Waals surface area contributed by atoms with Crippen LogP contribution in [0.5, 0.6) is 0 Å². The molecule has 0 unspecified atom stereocenters. The summed E-state index contributed by atoms with van der Waals surface area (Å²) < 4.78 is 6.19. The van der Waals surface area contributed by atoms with E-state index in [0.717, 1.165) is 27.1 Å². The van der Waals surface area contributed by atoms with Crippen LogP contribution >= 0.6 is 15.9 Å². The summed E-state index contributed by atoms with van der Waals surface area (Å²) in [5.41, 5.74) is 0.660. The Morgan fingerprint density at radius 3 is 2.63 bits per heavy atom. The molecule has 1 N–H and O–H groups in total. The van der Waals surface area contributed by atoms with Crippen LogP contribution in [0, 0.1) is 0 Å².